The summed E-state index contributed by atoms with van der Waals surface area (Å²) in [4.78, 5) is 81.9. The molecule has 2 N–H and O–H groups in total. The van der Waals surface area contributed by atoms with E-state index in [-0.39, 0.29) is 41.6 Å². The molecule has 0 bridgehead atoms. The van der Waals surface area contributed by atoms with Crippen molar-refractivity contribution in [2.24, 2.45) is 0 Å². The highest BCUT2D eigenvalue weighted by atomic mass is 19.4. The lowest BCUT2D eigenvalue weighted by molar-refractivity contribution is -0.138. The number of fused-ring (bicyclic) bond motifs is 2. The molecular weight excluding hydrogens is 733 g/mol. The third kappa shape index (κ3) is 5.93. The van der Waals surface area contributed by atoms with E-state index in [0.29, 0.717) is 36.4 Å². The summed E-state index contributed by atoms with van der Waals surface area (Å²) in [6.07, 6.45) is -1.50. The standard InChI is InChI=1S/C39H31F3N8O6/c1-38(2,37(56)45-24-5-3-21(14-43)30(12-24)39(40,41)42)49-17-23(15-44-49)20-4-7-27-22(11-20)16-48(34(27)53)26-18-47(19-26)25-6-8-28-29(13-25)36(55)50(35(28)54)31-9-10-32(51)46-33(31)52/h3-8,11-13,15,17,26,31H,9-10,16,18-19H2,1-2H3,(H,45,56)(H,46,51,52). The number of piperidine rings is 1. The fourth-order valence-corrected chi connectivity index (χ4v) is 7.46. The van der Waals surface area contributed by atoms with Crippen LogP contribution >= 0.6 is 0 Å². The number of amides is 6. The SMILES string of the molecule is CC(C)(C(=O)Nc1ccc(C#N)c(C(F)(F)F)c1)n1cc(-c2ccc3c(c2)CN(C2CN(c4ccc5c(c4)C(=O)N(C4CCC(=O)NC4=O)C5=O)C2)C3=O)cn1. The molecule has 56 heavy (non-hydrogen) atoms. The van der Waals surface area contributed by atoms with Gasteiger partial charge in [0.05, 0.1) is 40.6 Å². The van der Waals surface area contributed by atoms with Crippen molar-refractivity contribution in [1.29, 1.82) is 5.26 Å². The zero-order chi connectivity index (χ0) is 39.8. The molecule has 2 saturated heterocycles. The number of anilines is 2. The molecule has 5 heterocycles. The number of nitrogens with zero attached hydrogens (tertiary/aromatic N) is 6. The molecule has 0 aliphatic carbocycles. The minimum absolute atomic E-state index is 0.0264. The molecule has 0 saturated carbocycles. The van der Waals surface area contributed by atoms with Gasteiger partial charge in [0, 0.05) is 54.8 Å². The normalized spacial score (nSPS) is 18.5. The summed E-state index contributed by atoms with van der Waals surface area (Å²) < 4.78 is 41.8. The first-order chi connectivity index (χ1) is 26.5. The van der Waals surface area contributed by atoms with E-state index in [0.717, 1.165) is 28.2 Å². The Morgan fingerprint density at radius 2 is 1.64 bits per heavy atom. The van der Waals surface area contributed by atoms with Crippen molar-refractivity contribution in [1.82, 2.24) is 24.9 Å². The van der Waals surface area contributed by atoms with Gasteiger partial charge in [-0.3, -0.25) is 43.7 Å². The molecule has 3 aromatic carbocycles. The Labute approximate surface area is 316 Å². The third-order valence-corrected chi connectivity index (χ3v) is 10.8. The van der Waals surface area contributed by atoms with Gasteiger partial charge in [0.2, 0.25) is 11.8 Å². The Kier molecular flexibility index (Phi) is 8.33. The van der Waals surface area contributed by atoms with Crippen LogP contribution in [0.15, 0.2) is 67.0 Å². The lowest BCUT2D eigenvalue weighted by atomic mass is 10.0. The topological polar surface area (TPSA) is 178 Å². The van der Waals surface area contributed by atoms with Crippen LogP contribution in [0.1, 0.15) is 74.5 Å². The lowest BCUT2D eigenvalue weighted by Gasteiger charge is -2.45. The molecule has 1 atom stereocenters. The van der Waals surface area contributed by atoms with Gasteiger partial charge >= 0.3 is 6.18 Å². The van der Waals surface area contributed by atoms with E-state index in [1.165, 1.54) is 16.8 Å². The number of carbonyl (C=O) groups is 6. The van der Waals surface area contributed by atoms with Gasteiger partial charge in [-0.25, -0.2) is 0 Å². The summed E-state index contributed by atoms with van der Waals surface area (Å²) in [6, 6.07) is 13.6. The number of rotatable bonds is 7. The average molecular weight is 765 g/mol. The molecule has 8 rings (SSSR count). The van der Waals surface area contributed by atoms with Gasteiger partial charge in [-0.1, -0.05) is 6.07 Å². The van der Waals surface area contributed by atoms with E-state index in [1.54, 1.807) is 61.5 Å². The second-order valence-electron chi connectivity index (χ2n) is 14.6. The number of alkyl halides is 3. The van der Waals surface area contributed by atoms with Crippen LogP contribution in [0.4, 0.5) is 24.5 Å². The average Bonchev–Trinajstić information content (AvgIpc) is 3.83. The number of carbonyl (C=O) groups excluding carboxylic acids is 6. The van der Waals surface area contributed by atoms with Crippen molar-refractivity contribution in [2.45, 2.75) is 57.0 Å². The van der Waals surface area contributed by atoms with E-state index < -0.39 is 58.4 Å². The maximum Gasteiger partial charge on any atom is 0.417 e. The molecule has 4 aromatic rings. The van der Waals surface area contributed by atoms with Crippen molar-refractivity contribution in [3.8, 4) is 17.2 Å². The zero-order valence-corrected chi connectivity index (χ0v) is 29.8. The van der Waals surface area contributed by atoms with Crippen LogP contribution in [-0.2, 0) is 32.6 Å². The highest BCUT2D eigenvalue weighted by Crippen LogP contribution is 2.37. The fourth-order valence-electron chi connectivity index (χ4n) is 7.46. The molecule has 14 nitrogen and oxygen atoms in total. The first-order valence-electron chi connectivity index (χ1n) is 17.6. The number of nitriles is 1. The molecular formula is C39H31F3N8O6. The number of benzene rings is 3. The zero-order valence-electron chi connectivity index (χ0n) is 29.8. The van der Waals surface area contributed by atoms with Crippen molar-refractivity contribution in [2.75, 3.05) is 23.3 Å². The van der Waals surface area contributed by atoms with Gasteiger partial charge in [-0.2, -0.15) is 23.5 Å². The quantitative estimate of drug-likeness (QED) is 0.263. The minimum Gasteiger partial charge on any atom is -0.367 e. The number of halogens is 3. The highest BCUT2D eigenvalue weighted by Gasteiger charge is 2.46. The van der Waals surface area contributed by atoms with Crippen molar-refractivity contribution in [3.05, 3.63) is 100 Å². The van der Waals surface area contributed by atoms with Gasteiger partial charge in [-0.15, -0.1) is 0 Å². The maximum atomic E-state index is 13.5. The summed E-state index contributed by atoms with van der Waals surface area (Å²) in [7, 11) is 0. The van der Waals surface area contributed by atoms with E-state index in [9.17, 15) is 41.9 Å². The highest BCUT2D eigenvalue weighted by molar-refractivity contribution is 6.23. The molecule has 1 unspecified atom stereocenters. The number of nitrogens with one attached hydrogen (secondary N) is 2. The predicted octanol–water partition coefficient (Wildman–Crippen LogP) is 4.06. The molecule has 17 heteroatoms. The molecule has 4 aliphatic heterocycles. The Morgan fingerprint density at radius 1 is 0.911 bits per heavy atom. The van der Waals surface area contributed by atoms with Crippen molar-refractivity contribution >= 4 is 46.8 Å². The largest absolute Gasteiger partial charge is 0.417 e. The third-order valence-electron chi connectivity index (χ3n) is 10.8. The van der Waals surface area contributed by atoms with E-state index in [2.05, 4.69) is 15.7 Å². The number of aromatic nitrogens is 2. The number of hydrogen-bond donors (Lipinski definition) is 2. The van der Waals surface area contributed by atoms with Crippen LogP contribution in [-0.4, -0.2) is 80.2 Å². The van der Waals surface area contributed by atoms with Crippen LogP contribution in [0.5, 0.6) is 0 Å². The molecule has 2 fully saturated rings. The lowest BCUT2D eigenvalue weighted by Crippen LogP contribution is -2.59. The maximum absolute atomic E-state index is 13.5. The van der Waals surface area contributed by atoms with Gasteiger partial charge in [0.15, 0.2) is 0 Å². The van der Waals surface area contributed by atoms with Crippen LogP contribution in [0.3, 0.4) is 0 Å². The molecule has 284 valence electrons. The monoisotopic (exact) mass is 764 g/mol. The molecule has 6 amide bonds. The van der Waals surface area contributed by atoms with Crippen molar-refractivity contribution < 1.29 is 41.9 Å². The molecule has 4 aliphatic rings. The first kappa shape index (κ1) is 36.2. The number of hydrogen-bond acceptors (Lipinski definition) is 9. The van der Waals surface area contributed by atoms with Crippen LogP contribution in [0, 0.1) is 11.3 Å². The summed E-state index contributed by atoms with van der Waals surface area (Å²) >= 11 is 0. The minimum atomic E-state index is -4.78. The Balaban J connectivity index is 0.917. The molecule has 0 spiro atoms. The van der Waals surface area contributed by atoms with Crippen LogP contribution < -0.4 is 15.5 Å². The van der Waals surface area contributed by atoms with Crippen LogP contribution in [0.2, 0.25) is 0 Å². The van der Waals surface area contributed by atoms with E-state index >= 15 is 0 Å². The van der Waals surface area contributed by atoms with E-state index in [1.807, 2.05) is 11.0 Å². The van der Waals surface area contributed by atoms with Gasteiger partial charge < -0.3 is 15.1 Å². The van der Waals surface area contributed by atoms with Crippen molar-refractivity contribution in [3.63, 3.8) is 0 Å². The predicted molar refractivity (Wildman–Crippen MR) is 191 cm³/mol. The molecule has 1 aromatic heterocycles. The smallest absolute Gasteiger partial charge is 0.367 e. The van der Waals surface area contributed by atoms with Gasteiger partial charge in [0.1, 0.15) is 11.6 Å². The Bertz CT molecular complexity index is 2460. The summed E-state index contributed by atoms with van der Waals surface area (Å²) in [5, 5.41) is 18.1. The van der Waals surface area contributed by atoms with Gasteiger partial charge in [-0.05, 0) is 79.9 Å². The summed E-state index contributed by atoms with van der Waals surface area (Å²) in [5.41, 5.74) is 0.612. The summed E-state index contributed by atoms with van der Waals surface area (Å²) in [6.45, 7) is 4.43. The Morgan fingerprint density at radius 3 is 2.36 bits per heavy atom. The summed E-state index contributed by atoms with van der Waals surface area (Å²) in [5.74, 6) is -3.07. The first-order valence-corrected chi connectivity index (χ1v) is 17.6. The fraction of sp³-hybridized carbons (Fsp3) is 0.282. The number of imide groups is 2. The second kappa shape index (κ2) is 12.9. The van der Waals surface area contributed by atoms with Crippen LogP contribution in [0.25, 0.3) is 11.1 Å². The van der Waals surface area contributed by atoms with E-state index in [4.69, 9.17) is 5.26 Å². The van der Waals surface area contributed by atoms with Gasteiger partial charge in [0.25, 0.3) is 23.6 Å². The Hall–Kier alpha value is -6.83. The second-order valence-corrected chi connectivity index (χ2v) is 14.6. The molecule has 0 radical (unpaired) electrons.